The molecule has 0 aromatic rings. The van der Waals surface area contributed by atoms with Crippen LogP contribution >= 0.6 is 0 Å². The average molecular weight is 70.0 g/mol. The van der Waals surface area contributed by atoms with E-state index in [1.807, 2.05) is 0 Å². The van der Waals surface area contributed by atoms with Gasteiger partial charge in [-0.25, -0.2) is 0 Å². The van der Waals surface area contributed by atoms with Gasteiger partial charge in [-0.3, -0.25) is 0 Å². The Morgan fingerprint density at radius 3 is 2.25 bits per heavy atom. The van der Waals surface area contributed by atoms with Crippen LogP contribution in [0, 0.1) is 0 Å². The molecular weight excluding hydrogens is 67.0 g/mol. The predicted molar refractivity (Wildman–Crippen MR) is 6.06 cm³/mol. The first-order chi connectivity index (χ1) is 1.73. The third-order valence-electron chi connectivity index (χ3n) is 0. The standard InChI is InChI=1S/CH2O2.Na/c2-1-3;/h1H,(H,2,3);/q;+1/p-1/i1T;. The van der Waals surface area contributed by atoms with Gasteiger partial charge in [-0.1, -0.05) is 0 Å². The number of carbonyl (C=O) groups is 1. The van der Waals surface area contributed by atoms with Gasteiger partial charge in [-0.2, -0.15) is 0 Å². The largest absolute Gasteiger partial charge is 1.00 e. The van der Waals surface area contributed by atoms with Crippen molar-refractivity contribution in [3.05, 3.63) is 0 Å². The molecule has 2 nitrogen and oxygen atoms in total. The van der Waals surface area contributed by atoms with E-state index in [9.17, 15) is 0 Å². The van der Waals surface area contributed by atoms with Crippen molar-refractivity contribution >= 4 is 6.45 Å². The molecule has 3 heteroatoms. The van der Waals surface area contributed by atoms with Gasteiger partial charge in [-0.15, -0.1) is 0 Å². The minimum Gasteiger partial charge on any atom is -0.554 e. The van der Waals surface area contributed by atoms with E-state index < -0.39 is 6.45 Å². The fourth-order valence-electron chi connectivity index (χ4n) is 0. The van der Waals surface area contributed by atoms with E-state index in [0.717, 1.165) is 0 Å². The number of carbonyl (C=O) groups excluding carboxylic acids is 1. The maximum absolute atomic E-state index is 8.56. The first-order valence-corrected chi connectivity index (χ1v) is 0.408. The van der Waals surface area contributed by atoms with E-state index in [0.29, 0.717) is 0 Å². The molecule has 0 amide bonds. The molecule has 0 aliphatic carbocycles. The molecule has 0 atom stereocenters. The third-order valence-corrected chi connectivity index (χ3v) is 0. The van der Waals surface area contributed by atoms with Gasteiger partial charge in [0, 0.05) is 6.45 Å². The van der Waals surface area contributed by atoms with E-state index in [-0.39, 0.29) is 29.6 Å². The molecule has 0 saturated heterocycles. The molecular formula is CHNaO2. The van der Waals surface area contributed by atoms with Gasteiger partial charge in [0.05, 0.1) is 1.37 Å². The molecule has 0 unspecified atom stereocenters. The summed E-state index contributed by atoms with van der Waals surface area (Å²) in [7, 11) is 0. The van der Waals surface area contributed by atoms with Crippen LogP contribution in [0.2, 0.25) is 0 Å². The first kappa shape index (κ1) is 4.47. The fraction of sp³-hybridized carbons (Fsp3) is 0. The Kier molecular flexibility index (Phi) is 10.9. The zero-order valence-electron chi connectivity index (χ0n) is 3.32. The van der Waals surface area contributed by atoms with Crippen LogP contribution in [0.1, 0.15) is 1.37 Å². The van der Waals surface area contributed by atoms with Crippen LogP contribution in [0.4, 0.5) is 0 Å². The van der Waals surface area contributed by atoms with E-state index in [1.54, 1.807) is 0 Å². The summed E-state index contributed by atoms with van der Waals surface area (Å²) < 4.78 is 5.39. The Balaban J connectivity index is 0. The van der Waals surface area contributed by atoms with Gasteiger partial charge in [0.2, 0.25) is 0 Å². The zero-order chi connectivity index (χ0) is 3.58. The van der Waals surface area contributed by atoms with E-state index >= 15 is 0 Å². The molecule has 0 radical (unpaired) electrons. The van der Waals surface area contributed by atoms with Crippen molar-refractivity contribution in [2.24, 2.45) is 0 Å². The summed E-state index contributed by atoms with van der Waals surface area (Å²) in [6.07, 6.45) is -1.83. The normalized spacial score (nSPS) is 6.50. The molecule has 4 heavy (non-hydrogen) atoms. The van der Waals surface area contributed by atoms with E-state index in [2.05, 4.69) is 0 Å². The Morgan fingerprint density at radius 1 is 2.25 bits per heavy atom. The van der Waals surface area contributed by atoms with Crippen LogP contribution in [-0.2, 0) is 4.79 Å². The maximum atomic E-state index is 8.56. The number of hydrogen-bond acceptors (Lipinski definition) is 2. The summed E-state index contributed by atoms with van der Waals surface area (Å²) in [5.74, 6) is 0. The molecule has 0 aromatic heterocycles. The second kappa shape index (κ2) is 9.80. The van der Waals surface area contributed by atoms with Crippen LogP contribution < -0.4 is 34.7 Å². The molecule has 0 fully saturated rings. The molecule has 0 aromatic carbocycles. The monoisotopic (exact) mass is 70.0 g/mol. The van der Waals surface area contributed by atoms with Gasteiger partial charge in [0.15, 0.2) is 0 Å². The van der Waals surface area contributed by atoms with Crippen LogP contribution in [0.15, 0.2) is 0 Å². The van der Waals surface area contributed by atoms with Crippen LogP contribution in [0.5, 0.6) is 0 Å². The molecule has 0 saturated carbocycles. The zero-order valence-corrected chi connectivity index (χ0v) is 4.32. The molecule has 0 aliphatic rings. The SMILES string of the molecule is [3H]C(=O)[O-].[Na+]. The smallest absolute Gasteiger partial charge is 0.554 e. The summed E-state index contributed by atoms with van der Waals surface area (Å²) in [4.78, 5) is 8.56. The summed E-state index contributed by atoms with van der Waals surface area (Å²) in [6.45, 7) is 0. The minimum absolute atomic E-state index is 0. The summed E-state index contributed by atoms with van der Waals surface area (Å²) >= 11 is 0. The van der Waals surface area contributed by atoms with Gasteiger partial charge in [-0.05, 0) is 0 Å². The van der Waals surface area contributed by atoms with Crippen LogP contribution in [-0.4, -0.2) is 6.45 Å². The second-order valence-corrected chi connectivity index (χ2v) is 0.0833. The van der Waals surface area contributed by atoms with Gasteiger partial charge >= 0.3 is 29.6 Å². The van der Waals surface area contributed by atoms with Gasteiger partial charge < -0.3 is 9.90 Å². The Morgan fingerprint density at radius 2 is 2.25 bits per heavy atom. The van der Waals surface area contributed by atoms with Crippen molar-refractivity contribution in [3.8, 4) is 0 Å². The summed E-state index contributed by atoms with van der Waals surface area (Å²) in [5, 5.41) is 8.56. The number of carboxylic acid groups (broad SMARTS) is 1. The first-order valence-electron chi connectivity index (χ1n) is 0.908. The van der Waals surface area contributed by atoms with Crippen LogP contribution in [0.25, 0.3) is 0 Å². The number of hydrogen-bond donors (Lipinski definition) is 0. The second-order valence-electron chi connectivity index (χ2n) is 0.0833. The molecule has 18 valence electrons. The predicted octanol–water partition coefficient (Wildman–Crippen LogP) is -4.63. The van der Waals surface area contributed by atoms with Gasteiger partial charge in [0.25, 0.3) is 0 Å². The third kappa shape index (κ3) is 24.2. The summed E-state index contributed by atoms with van der Waals surface area (Å²) in [6, 6.07) is 0. The minimum atomic E-state index is -1.83. The van der Waals surface area contributed by atoms with Crippen molar-refractivity contribution in [2.75, 3.05) is 0 Å². The van der Waals surface area contributed by atoms with E-state index in [1.165, 1.54) is 0 Å². The summed E-state index contributed by atoms with van der Waals surface area (Å²) in [5.41, 5.74) is 0. The van der Waals surface area contributed by atoms with E-state index in [4.69, 9.17) is 11.3 Å². The van der Waals surface area contributed by atoms with Crippen LogP contribution in [0.3, 0.4) is 0 Å². The quantitative estimate of drug-likeness (QED) is 0.212. The average Bonchev–Trinajstić information content (AvgIpc) is 0.811. The van der Waals surface area contributed by atoms with Crippen molar-refractivity contribution in [2.45, 2.75) is 0 Å². The molecule has 0 bridgehead atoms. The van der Waals surface area contributed by atoms with Crippen molar-refractivity contribution in [1.29, 1.82) is 0 Å². The number of rotatable bonds is 0. The topological polar surface area (TPSA) is 40.1 Å². The Bertz CT molecular complexity index is 32.6. The maximum Gasteiger partial charge on any atom is 1.00 e. The molecule has 0 rings (SSSR count). The van der Waals surface area contributed by atoms with Gasteiger partial charge in [0.1, 0.15) is 0 Å². The van der Waals surface area contributed by atoms with Crippen molar-refractivity contribution < 1.29 is 40.8 Å². The molecule has 0 N–H and O–H groups in total. The van der Waals surface area contributed by atoms with Crippen molar-refractivity contribution in [3.63, 3.8) is 0 Å². The molecule has 0 aliphatic heterocycles. The molecule has 0 heterocycles. The fourth-order valence-corrected chi connectivity index (χ4v) is 0. The Labute approximate surface area is 47.5 Å². The van der Waals surface area contributed by atoms with Crippen molar-refractivity contribution in [1.82, 2.24) is 0 Å². The molecule has 0 spiro atoms. The Hall–Kier alpha value is 0.470.